The number of hydrogen-bond acceptors (Lipinski definition) is 6. The lowest BCUT2D eigenvalue weighted by Crippen LogP contribution is -2.47. The number of aryl methyl sites for hydroxylation is 1. The molecule has 172 valence electrons. The van der Waals surface area contributed by atoms with Crippen LogP contribution in [0.25, 0.3) is 0 Å². The predicted octanol–water partition coefficient (Wildman–Crippen LogP) is 4.17. The molecule has 1 unspecified atom stereocenters. The summed E-state index contributed by atoms with van der Waals surface area (Å²) in [7, 11) is 0. The van der Waals surface area contributed by atoms with Crippen LogP contribution in [-0.4, -0.2) is 67.7 Å². The number of rotatable bonds is 6. The Morgan fingerprint density at radius 3 is 2.44 bits per heavy atom. The van der Waals surface area contributed by atoms with Crippen molar-refractivity contribution in [1.82, 2.24) is 9.80 Å². The van der Waals surface area contributed by atoms with E-state index in [1.165, 1.54) is 16.1 Å². The first-order valence-electron chi connectivity index (χ1n) is 12.1. The average Bonchev–Trinajstić information content (AvgIpc) is 3.43. The number of likely N-dealkylation sites (tertiary alicyclic amines) is 1. The molecular formula is C26H35N3O2S. The van der Waals surface area contributed by atoms with Crippen molar-refractivity contribution in [2.24, 2.45) is 5.41 Å². The topological polar surface area (TPSA) is 36.0 Å². The maximum atomic E-state index is 12.8. The fourth-order valence-electron chi connectivity index (χ4n) is 5.48. The summed E-state index contributed by atoms with van der Waals surface area (Å²) < 4.78 is 5.90. The Labute approximate surface area is 196 Å². The summed E-state index contributed by atoms with van der Waals surface area (Å²) in [5.74, 6) is 0.0717. The van der Waals surface area contributed by atoms with Gasteiger partial charge in [-0.25, -0.2) is 0 Å². The minimum absolute atomic E-state index is 0.0717. The van der Waals surface area contributed by atoms with E-state index < -0.39 is 0 Å². The van der Waals surface area contributed by atoms with Crippen molar-refractivity contribution in [3.05, 3.63) is 52.2 Å². The van der Waals surface area contributed by atoms with Crippen molar-refractivity contribution in [3.8, 4) is 0 Å². The molecule has 0 saturated carbocycles. The van der Waals surface area contributed by atoms with E-state index in [1.807, 2.05) is 11.3 Å². The number of nitrogens with zero attached hydrogens (tertiary/aromatic N) is 3. The molecule has 3 fully saturated rings. The number of carbonyl (C=O) groups excluding carboxylic acids is 1. The van der Waals surface area contributed by atoms with Crippen LogP contribution in [0, 0.1) is 12.3 Å². The highest BCUT2D eigenvalue weighted by Crippen LogP contribution is 2.44. The van der Waals surface area contributed by atoms with Crippen molar-refractivity contribution < 1.29 is 9.53 Å². The first kappa shape index (κ1) is 21.9. The first-order chi connectivity index (χ1) is 15.6. The number of ether oxygens (including phenoxy) is 1. The summed E-state index contributed by atoms with van der Waals surface area (Å²) in [4.78, 5) is 21.7. The van der Waals surface area contributed by atoms with E-state index in [1.54, 1.807) is 0 Å². The number of carbonyl (C=O) groups is 1. The van der Waals surface area contributed by atoms with Crippen molar-refractivity contribution >= 4 is 23.0 Å². The molecule has 0 radical (unpaired) electrons. The monoisotopic (exact) mass is 453 g/mol. The largest absolute Gasteiger partial charge is 0.462 e. The lowest BCUT2D eigenvalue weighted by atomic mass is 9.75. The normalized spacial score (nSPS) is 24.2. The summed E-state index contributed by atoms with van der Waals surface area (Å²) in [6.07, 6.45) is 3.88. The molecule has 1 spiro atoms. The molecule has 0 amide bonds. The standard InChI is InChI=1S/C26H35N3O2S/c1-21-4-6-22(7-5-21)29-16-14-27(15-17-29)11-8-23-19-26(25(30)31-23)9-12-28(13-10-26)20-24-3-2-18-32-24/h2-7,18,23H,8-17,19-20H2,1H3. The minimum atomic E-state index is -0.221. The smallest absolute Gasteiger partial charge is 0.312 e. The summed E-state index contributed by atoms with van der Waals surface area (Å²) >= 11 is 1.82. The number of piperidine rings is 1. The second-order valence-electron chi connectivity index (χ2n) is 9.82. The zero-order valence-corrected chi connectivity index (χ0v) is 20.0. The molecule has 1 atom stereocenters. The third-order valence-electron chi connectivity index (χ3n) is 7.64. The molecule has 0 N–H and O–H groups in total. The van der Waals surface area contributed by atoms with Crippen LogP contribution in [0.2, 0.25) is 0 Å². The van der Waals surface area contributed by atoms with Gasteiger partial charge in [-0.3, -0.25) is 14.6 Å². The molecule has 3 aliphatic heterocycles. The lowest BCUT2D eigenvalue weighted by molar-refractivity contribution is -0.151. The molecule has 0 aliphatic carbocycles. The Hall–Kier alpha value is -1.89. The average molecular weight is 454 g/mol. The van der Waals surface area contributed by atoms with Gasteiger partial charge >= 0.3 is 5.97 Å². The highest BCUT2D eigenvalue weighted by molar-refractivity contribution is 7.09. The molecule has 5 nitrogen and oxygen atoms in total. The highest BCUT2D eigenvalue weighted by Gasteiger charge is 2.50. The van der Waals surface area contributed by atoms with Crippen LogP contribution >= 0.6 is 11.3 Å². The van der Waals surface area contributed by atoms with Gasteiger partial charge in [0.15, 0.2) is 0 Å². The summed E-state index contributed by atoms with van der Waals surface area (Å²) in [5.41, 5.74) is 2.41. The molecule has 4 heterocycles. The molecule has 0 bridgehead atoms. The van der Waals surface area contributed by atoms with Crippen LogP contribution in [0.1, 0.15) is 36.1 Å². The Bertz CT molecular complexity index is 882. The quantitative estimate of drug-likeness (QED) is 0.614. The van der Waals surface area contributed by atoms with E-state index in [0.717, 1.165) is 78.0 Å². The van der Waals surface area contributed by atoms with E-state index in [0.29, 0.717) is 0 Å². The number of anilines is 1. The number of hydrogen-bond donors (Lipinski definition) is 0. The maximum Gasteiger partial charge on any atom is 0.312 e. The molecular weight excluding hydrogens is 418 g/mol. The SMILES string of the molecule is Cc1ccc(N2CCN(CCC3CC4(CCN(Cc5cccs5)CC4)C(=O)O3)CC2)cc1. The summed E-state index contributed by atoms with van der Waals surface area (Å²) in [6.45, 7) is 10.5. The number of esters is 1. The number of piperazine rings is 1. The van der Waals surface area contributed by atoms with Crippen molar-refractivity contribution in [2.45, 2.75) is 45.3 Å². The van der Waals surface area contributed by atoms with Gasteiger partial charge in [-0.05, 0) is 62.9 Å². The van der Waals surface area contributed by atoms with Crippen LogP contribution in [0.4, 0.5) is 5.69 Å². The Morgan fingerprint density at radius 2 is 1.75 bits per heavy atom. The van der Waals surface area contributed by atoms with Gasteiger partial charge in [0.2, 0.25) is 0 Å². The van der Waals surface area contributed by atoms with E-state index >= 15 is 0 Å². The Kier molecular flexibility index (Phi) is 6.54. The molecule has 2 aromatic rings. The van der Waals surface area contributed by atoms with Crippen LogP contribution in [0.15, 0.2) is 41.8 Å². The van der Waals surface area contributed by atoms with Gasteiger partial charge in [0.05, 0.1) is 5.41 Å². The van der Waals surface area contributed by atoms with Crippen LogP contribution < -0.4 is 4.90 Å². The van der Waals surface area contributed by atoms with Crippen LogP contribution in [0.5, 0.6) is 0 Å². The predicted molar refractivity (Wildman–Crippen MR) is 130 cm³/mol. The van der Waals surface area contributed by atoms with Gasteiger partial charge in [0.25, 0.3) is 0 Å². The van der Waals surface area contributed by atoms with Crippen LogP contribution in [-0.2, 0) is 16.1 Å². The summed E-state index contributed by atoms with van der Waals surface area (Å²) in [6, 6.07) is 13.2. The zero-order valence-electron chi connectivity index (χ0n) is 19.2. The van der Waals surface area contributed by atoms with Gasteiger partial charge in [0, 0.05) is 56.3 Å². The first-order valence-corrected chi connectivity index (χ1v) is 13.0. The minimum Gasteiger partial charge on any atom is -0.462 e. The lowest BCUT2D eigenvalue weighted by Gasteiger charge is -2.37. The third-order valence-corrected chi connectivity index (χ3v) is 8.50. The zero-order chi connectivity index (χ0) is 22.0. The van der Waals surface area contributed by atoms with Crippen molar-refractivity contribution in [3.63, 3.8) is 0 Å². The molecule has 3 saturated heterocycles. The molecule has 3 aliphatic rings. The molecule has 32 heavy (non-hydrogen) atoms. The van der Waals surface area contributed by atoms with E-state index in [4.69, 9.17) is 4.74 Å². The van der Waals surface area contributed by atoms with Gasteiger partial charge in [-0.2, -0.15) is 0 Å². The second kappa shape index (κ2) is 9.54. The van der Waals surface area contributed by atoms with Crippen LogP contribution in [0.3, 0.4) is 0 Å². The number of thiophene rings is 1. The van der Waals surface area contributed by atoms with E-state index in [2.05, 4.69) is 63.4 Å². The fraction of sp³-hybridized carbons (Fsp3) is 0.577. The van der Waals surface area contributed by atoms with E-state index in [-0.39, 0.29) is 17.5 Å². The Morgan fingerprint density at radius 1 is 1.00 bits per heavy atom. The summed E-state index contributed by atoms with van der Waals surface area (Å²) in [5, 5.41) is 2.14. The molecule has 1 aromatic carbocycles. The van der Waals surface area contributed by atoms with Gasteiger partial charge in [-0.1, -0.05) is 23.8 Å². The number of benzene rings is 1. The molecule has 1 aromatic heterocycles. The Balaban J connectivity index is 1.06. The maximum absolute atomic E-state index is 12.8. The molecule has 6 heteroatoms. The van der Waals surface area contributed by atoms with Gasteiger partial charge in [-0.15, -0.1) is 11.3 Å². The van der Waals surface area contributed by atoms with Crippen molar-refractivity contribution in [2.75, 3.05) is 50.7 Å². The van der Waals surface area contributed by atoms with E-state index in [9.17, 15) is 4.79 Å². The highest BCUT2D eigenvalue weighted by atomic mass is 32.1. The fourth-order valence-corrected chi connectivity index (χ4v) is 6.23. The second-order valence-corrected chi connectivity index (χ2v) is 10.9. The number of cyclic esters (lactones) is 1. The van der Waals surface area contributed by atoms with Gasteiger partial charge < -0.3 is 9.64 Å². The van der Waals surface area contributed by atoms with Gasteiger partial charge in [0.1, 0.15) is 6.10 Å². The third kappa shape index (κ3) is 4.87. The molecule has 5 rings (SSSR count). The van der Waals surface area contributed by atoms with Crippen molar-refractivity contribution in [1.29, 1.82) is 0 Å².